The number of benzene rings is 1. The molecule has 1 aromatic rings. The van der Waals surface area contributed by atoms with Gasteiger partial charge in [0.2, 0.25) is 0 Å². The Morgan fingerprint density at radius 1 is 1.33 bits per heavy atom. The third kappa shape index (κ3) is 3.42. The molecule has 0 heterocycles. The maximum Gasteiger partial charge on any atom is 0.313 e. The molecule has 0 saturated carbocycles. The smallest absolute Gasteiger partial charge is 0.313 e. The molecule has 0 radical (unpaired) electrons. The lowest BCUT2D eigenvalue weighted by Gasteiger charge is -2.22. The molecule has 0 saturated heterocycles. The van der Waals surface area contributed by atoms with E-state index in [0.717, 1.165) is 6.07 Å². The van der Waals surface area contributed by atoms with Gasteiger partial charge < -0.3 is 9.84 Å². The van der Waals surface area contributed by atoms with Crippen LogP contribution in [-0.4, -0.2) is 16.7 Å². The molecule has 1 N–H and O–H groups in total. The zero-order chi connectivity index (χ0) is 14.1. The Morgan fingerprint density at radius 2 is 1.89 bits per heavy atom. The van der Waals surface area contributed by atoms with Crippen LogP contribution in [0.4, 0.5) is 8.78 Å². The lowest BCUT2D eigenvalue weighted by Crippen LogP contribution is -2.27. The first kappa shape index (κ1) is 14.4. The molecular formula is C13H16F2O3. The van der Waals surface area contributed by atoms with Gasteiger partial charge in [-0.25, -0.2) is 8.78 Å². The minimum absolute atomic E-state index is 0.123. The molecule has 0 aromatic heterocycles. The average molecular weight is 258 g/mol. The van der Waals surface area contributed by atoms with Gasteiger partial charge in [-0.2, -0.15) is 0 Å². The third-order valence-electron chi connectivity index (χ3n) is 2.28. The highest BCUT2D eigenvalue weighted by Crippen LogP contribution is 2.30. The zero-order valence-electron chi connectivity index (χ0n) is 10.8. The number of esters is 1. The third-order valence-corrected chi connectivity index (χ3v) is 2.28. The van der Waals surface area contributed by atoms with E-state index in [1.807, 2.05) is 0 Å². The van der Waals surface area contributed by atoms with Crippen LogP contribution < -0.4 is 0 Å². The molecule has 100 valence electrons. The van der Waals surface area contributed by atoms with Crippen molar-refractivity contribution in [1.29, 1.82) is 0 Å². The Bertz CT molecular complexity index is 464. The molecule has 18 heavy (non-hydrogen) atoms. The zero-order valence-corrected chi connectivity index (χ0v) is 10.8. The highest BCUT2D eigenvalue weighted by molar-refractivity contribution is 5.79. The summed E-state index contributed by atoms with van der Waals surface area (Å²) in [6, 6.07) is 1.48. The van der Waals surface area contributed by atoms with Crippen molar-refractivity contribution < 1.29 is 23.4 Å². The largest absolute Gasteiger partial charge is 0.505 e. The molecule has 0 aliphatic carbocycles. The fourth-order valence-corrected chi connectivity index (χ4v) is 1.43. The molecule has 0 aliphatic heterocycles. The van der Waals surface area contributed by atoms with Crippen LogP contribution in [0.3, 0.4) is 0 Å². The van der Waals surface area contributed by atoms with Crippen LogP contribution >= 0.6 is 0 Å². The molecule has 0 amide bonds. The van der Waals surface area contributed by atoms with Crippen LogP contribution in [0.2, 0.25) is 0 Å². The van der Waals surface area contributed by atoms with Crippen LogP contribution in [0, 0.1) is 11.6 Å². The molecule has 0 bridgehead atoms. The quantitative estimate of drug-likeness (QED) is 0.829. The number of phenolic OH excluding ortho intramolecular Hbond substituents is 1. The van der Waals surface area contributed by atoms with Gasteiger partial charge in [0.15, 0.2) is 11.6 Å². The highest BCUT2D eigenvalue weighted by Gasteiger charge is 2.26. The summed E-state index contributed by atoms with van der Waals surface area (Å²) in [6.45, 7) is 6.47. The van der Waals surface area contributed by atoms with Crippen molar-refractivity contribution in [2.75, 3.05) is 0 Å². The summed E-state index contributed by atoms with van der Waals surface area (Å²) >= 11 is 0. The van der Waals surface area contributed by atoms with E-state index in [0.29, 0.717) is 6.07 Å². The molecule has 1 unspecified atom stereocenters. The van der Waals surface area contributed by atoms with Crippen LogP contribution in [0.5, 0.6) is 5.75 Å². The van der Waals surface area contributed by atoms with Crippen molar-refractivity contribution in [3.8, 4) is 5.75 Å². The second kappa shape index (κ2) is 4.92. The van der Waals surface area contributed by atoms with E-state index in [9.17, 15) is 18.7 Å². The Hall–Kier alpha value is -1.65. The van der Waals surface area contributed by atoms with Crippen molar-refractivity contribution in [2.24, 2.45) is 0 Å². The SMILES string of the molecule is CC(C(=O)OC(C)(C)C)c1cc(F)cc(F)c1O. The molecular weight excluding hydrogens is 242 g/mol. The Labute approximate surface area is 104 Å². The predicted octanol–water partition coefficient (Wildman–Crippen LogP) is 3.12. The second-order valence-corrected chi connectivity index (χ2v) is 5.08. The van der Waals surface area contributed by atoms with E-state index in [1.54, 1.807) is 20.8 Å². The van der Waals surface area contributed by atoms with Crippen LogP contribution in [-0.2, 0) is 9.53 Å². The van der Waals surface area contributed by atoms with Crippen molar-refractivity contribution in [3.63, 3.8) is 0 Å². The number of ether oxygens (including phenoxy) is 1. The standard InChI is InChI=1S/C13H16F2O3/c1-7(12(17)18-13(2,3)4)9-5-8(14)6-10(15)11(9)16/h5-7,16H,1-4H3. The van der Waals surface area contributed by atoms with Gasteiger partial charge in [-0.15, -0.1) is 0 Å². The number of halogens is 2. The lowest BCUT2D eigenvalue weighted by molar-refractivity contribution is -0.156. The normalized spacial score (nSPS) is 13.2. The van der Waals surface area contributed by atoms with E-state index in [2.05, 4.69) is 0 Å². The first-order valence-corrected chi connectivity index (χ1v) is 5.52. The number of hydrogen-bond acceptors (Lipinski definition) is 3. The monoisotopic (exact) mass is 258 g/mol. The Kier molecular flexibility index (Phi) is 3.94. The minimum atomic E-state index is -1.10. The van der Waals surface area contributed by atoms with E-state index in [-0.39, 0.29) is 5.56 Å². The molecule has 0 fully saturated rings. The van der Waals surface area contributed by atoms with Crippen molar-refractivity contribution in [1.82, 2.24) is 0 Å². The summed E-state index contributed by atoms with van der Waals surface area (Å²) in [5.74, 6) is -4.27. The van der Waals surface area contributed by atoms with Gasteiger partial charge in [0.05, 0.1) is 5.92 Å². The molecule has 5 heteroatoms. The van der Waals surface area contributed by atoms with E-state index < -0.39 is 34.9 Å². The number of rotatable bonds is 2. The molecule has 0 aliphatic rings. The van der Waals surface area contributed by atoms with Crippen molar-refractivity contribution in [3.05, 3.63) is 29.3 Å². The Morgan fingerprint density at radius 3 is 2.39 bits per heavy atom. The van der Waals surface area contributed by atoms with Gasteiger partial charge in [-0.1, -0.05) is 0 Å². The number of hydrogen-bond donors (Lipinski definition) is 1. The fourth-order valence-electron chi connectivity index (χ4n) is 1.43. The van der Waals surface area contributed by atoms with Gasteiger partial charge in [0, 0.05) is 11.6 Å². The van der Waals surface area contributed by atoms with Gasteiger partial charge in [0.25, 0.3) is 0 Å². The summed E-state index contributed by atoms with van der Waals surface area (Å²) in [7, 11) is 0. The van der Waals surface area contributed by atoms with Gasteiger partial charge in [-0.3, -0.25) is 4.79 Å². The van der Waals surface area contributed by atoms with Crippen LogP contribution in [0.15, 0.2) is 12.1 Å². The summed E-state index contributed by atoms with van der Waals surface area (Å²) in [5.41, 5.74) is -0.825. The van der Waals surface area contributed by atoms with Gasteiger partial charge in [0.1, 0.15) is 11.4 Å². The molecule has 3 nitrogen and oxygen atoms in total. The van der Waals surface area contributed by atoms with Gasteiger partial charge in [-0.05, 0) is 33.8 Å². The maximum atomic E-state index is 13.2. The first-order chi connectivity index (χ1) is 8.11. The molecule has 1 aromatic carbocycles. The molecule has 0 spiro atoms. The first-order valence-electron chi connectivity index (χ1n) is 5.52. The topological polar surface area (TPSA) is 46.5 Å². The molecule has 1 rings (SSSR count). The minimum Gasteiger partial charge on any atom is -0.505 e. The number of carbonyl (C=O) groups is 1. The highest BCUT2D eigenvalue weighted by atomic mass is 19.1. The number of phenols is 1. The van der Waals surface area contributed by atoms with Crippen molar-refractivity contribution in [2.45, 2.75) is 39.2 Å². The van der Waals surface area contributed by atoms with E-state index in [1.165, 1.54) is 6.92 Å². The number of carbonyl (C=O) groups excluding carboxylic acids is 1. The van der Waals surface area contributed by atoms with E-state index >= 15 is 0 Å². The Balaban J connectivity index is 3.04. The van der Waals surface area contributed by atoms with Crippen molar-refractivity contribution >= 4 is 5.97 Å². The summed E-state index contributed by atoms with van der Waals surface area (Å²) in [6.07, 6.45) is 0. The maximum absolute atomic E-state index is 13.2. The van der Waals surface area contributed by atoms with E-state index in [4.69, 9.17) is 4.74 Å². The summed E-state index contributed by atoms with van der Waals surface area (Å²) in [4.78, 5) is 11.8. The summed E-state index contributed by atoms with van der Waals surface area (Å²) in [5, 5.41) is 9.49. The van der Waals surface area contributed by atoms with Crippen LogP contribution in [0.1, 0.15) is 39.2 Å². The average Bonchev–Trinajstić information content (AvgIpc) is 2.19. The van der Waals surface area contributed by atoms with Crippen LogP contribution in [0.25, 0.3) is 0 Å². The summed E-state index contributed by atoms with van der Waals surface area (Å²) < 4.78 is 31.3. The number of aromatic hydroxyl groups is 1. The van der Waals surface area contributed by atoms with Gasteiger partial charge >= 0.3 is 5.97 Å². The second-order valence-electron chi connectivity index (χ2n) is 5.08. The lowest BCUT2D eigenvalue weighted by atomic mass is 9.99. The molecule has 1 atom stereocenters. The predicted molar refractivity (Wildman–Crippen MR) is 62.3 cm³/mol. The fraction of sp³-hybridized carbons (Fsp3) is 0.462.